The van der Waals surface area contributed by atoms with Crippen LogP contribution in [0.1, 0.15) is 12.0 Å². The van der Waals surface area contributed by atoms with Crippen molar-refractivity contribution in [2.75, 3.05) is 17.2 Å². The van der Waals surface area contributed by atoms with E-state index >= 15 is 0 Å². The highest BCUT2D eigenvalue weighted by atomic mass is 32.2. The Labute approximate surface area is 110 Å². The predicted molar refractivity (Wildman–Crippen MR) is 71.6 cm³/mol. The minimum atomic E-state index is -3.64. The van der Waals surface area contributed by atoms with Crippen LogP contribution in [0.4, 0.5) is 5.69 Å². The third kappa shape index (κ3) is 2.77. The Hall–Kier alpha value is -1.23. The van der Waals surface area contributed by atoms with Gasteiger partial charge in [-0.3, -0.25) is 0 Å². The summed E-state index contributed by atoms with van der Waals surface area (Å²) < 4.78 is 27.0. The number of nitrogens with zero attached hydrogens (tertiary/aromatic N) is 1. The lowest BCUT2D eigenvalue weighted by Crippen LogP contribution is -2.35. The van der Waals surface area contributed by atoms with Crippen LogP contribution in [0.3, 0.4) is 0 Å². The highest BCUT2D eigenvalue weighted by molar-refractivity contribution is 7.99. The van der Waals surface area contributed by atoms with Crippen molar-refractivity contribution in [1.29, 1.82) is 5.26 Å². The van der Waals surface area contributed by atoms with Crippen molar-refractivity contribution >= 4 is 27.5 Å². The molecule has 0 aliphatic carbocycles. The average Bonchev–Trinajstić information content (AvgIpc) is 2.80. The van der Waals surface area contributed by atoms with E-state index in [-0.39, 0.29) is 16.5 Å². The number of hydrogen-bond donors (Lipinski definition) is 2. The lowest BCUT2D eigenvalue weighted by atomic mass is 10.2. The van der Waals surface area contributed by atoms with E-state index in [9.17, 15) is 8.42 Å². The number of thioether (sulfide) groups is 1. The van der Waals surface area contributed by atoms with E-state index in [2.05, 4.69) is 4.72 Å². The minimum absolute atomic E-state index is 0.00361. The van der Waals surface area contributed by atoms with Crippen LogP contribution in [0.15, 0.2) is 23.1 Å². The van der Waals surface area contributed by atoms with Gasteiger partial charge in [0.1, 0.15) is 6.07 Å². The second-order valence-electron chi connectivity index (χ2n) is 4.05. The van der Waals surface area contributed by atoms with E-state index in [1.807, 2.05) is 6.07 Å². The van der Waals surface area contributed by atoms with E-state index in [1.54, 1.807) is 11.8 Å². The zero-order valence-corrected chi connectivity index (χ0v) is 11.2. The summed E-state index contributed by atoms with van der Waals surface area (Å²) in [6.45, 7) is 0. The van der Waals surface area contributed by atoms with Gasteiger partial charge in [-0.15, -0.1) is 0 Å². The first-order valence-corrected chi connectivity index (χ1v) is 8.06. The van der Waals surface area contributed by atoms with Crippen LogP contribution in [0.5, 0.6) is 0 Å². The van der Waals surface area contributed by atoms with E-state index < -0.39 is 10.0 Å². The lowest BCUT2D eigenvalue weighted by molar-refractivity contribution is 0.563. The first-order chi connectivity index (χ1) is 8.53. The Morgan fingerprint density at radius 1 is 1.50 bits per heavy atom. The molecule has 2 rings (SSSR count). The zero-order valence-electron chi connectivity index (χ0n) is 9.59. The fourth-order valence-electron chi connectivity index (χ4n) is 1.78. The van der Waals surface area contributed by atoms with E-state index in [4.69, 9.17) is 11.0 Å². The summed E-state index contributed by atoms with van der Waals surface area (Å²) >= 11 is 1.72. The van der Waals surface area contributed by atoms with Crippen molar-refractivity contribution in [2.45, 2.75) is 17.4 Å². The molecule has 1 aromatic rings. The smallest absolute Gasteiger partial charge is 0.242 e. The molecule has 96 valence electrons. The van der Waals surface area contributed by atoms with Gasteiger partial charge < -0.3 is 5.73 Å². The number of nitrogens with two attached hydrogens (primary N) is 1. The molecule has 1 heterocycles. The van der Waals surface area contributed by atoms with Gasteiger partial charge in [0.2, 0.25) is 10.0 Å². The molecule has 7 heteroatoms. The Balaban J connectivity index is 2.32. The molecule has 0 amide bonds. The van der Waals surface area contributed by atoms with Crippen molar-refractivity contribution in [2.24, 2.45) is 0 Å². The quantitative estimate of drug-likeness (QED) is 0.804. The van der Waals surface area contributed by atoms with Crippen molar-refractivity contribution < 1.29 is 8.42 Å². The van der Waals surface area contributed by atoms with Crippen LogP contribution in [-0.4, -0.2) is 26.0 Å². The fraction of sp³-hybridized carbons (Fsp3) is 0.364. The fourth-order valence-corrected chi connectivity index (χ4v) is 4.45. The van der Waals surface area contributed by atoms with Crippen LogP contribution in [0.2, 0.25) is 0 Å². The van der Waals surface area contributed by atoms with Crippen LogP contribution in [0.25, 0.3) is 0 Å². The summed E-state index contributed by atoms with van der Waals surface area (Å²) in [6, 6.07) is 6.04. The molecule has 0 radical (unpaired) electrons. The molecule has 0 bridgehead atoms. The standard InChI is InChI=1S/C11H13N3O2S2/c12-6-8-5-9(13)1-2-11(8)18(15,16)14-10-3-4-17-7-10/h1-2,5,10,14H,3-4,7,13H2. The maximum absolute atomic E-state index is 12.2. The van der Waals surface area contributed by atoms with Gasteiger partial charge in [0, 0.05) is 17.5 Å². The first-order valence-electron chi connectivity index (χ1n) is 5.42. The molecule has 1 aromatic carbocycles. The SMILES string of the molecule is N#Cc1cc(N)ccc1S(=O)(=O)NC1CCSC1. The van der Waals surface area contributed by atoms with Crippen LogP contribution >= 0.6 is 11.8 Å². The molecule has 0 saturated carbocycles. The lowest BCUT2D eigenvalue weighted by Gasteiger charge is -2.13. The Kier molecular flexibility index (Phi) is 3.80. The van der Waals surface area contributed by atoms with Gasteiger partial charge in [0.15, 0.2) is 0 Å². The molecule has 1 saturated heterocycles. The van der Waals surface area contributed by atoms with Gasteiger partial charge in [-0.2, -0.15) is 17.0 Å². The highest BCUT2D eigenvalue weighted by Gasteiger charge is 2.25. The summed E-state index contributed by atoms with van der Waals surface area (Å²) in [5.41, 5.74) is 5.99. The van der Waals surface area contributed by atoms with E-state index in [0.717, 1.165) is 17.9 Å². The highest BCUT2D eigenvalue weighted by Crippen LogP contribution is 2.22. The summed E-state index contributed by atoms with van der Waals surface area (Å²) in [6.07, 6.45) is 0.820. The third-order valence-electron chi connectivity index (χ3n) is 2.67. The molecular weight excluding hydrogens is 270 g/mol. The molecule has 5 nitrogen and oxygen atoms in total. The van der Waals surface area contributed by atoms with E-state index in [0.29, 0.717) is 5.69 Å². The van der Waals surface area contributed by atoms with Crippen LogP contribution in [-0.2, 0) is 10.0 Å². The molecule has 0 aromatic heterocycles. The molecule has 1 aliphatic heterocycles. The number of nitriles is 1. The molecule has 18 heavy (non-hydrogen) atoms. The van der Waals surface area contributed by atoms with Gasteiger partial charge in [-0.1, -0.05) is 0 Å². The van der Waals surface area contributed by atoms with Crippen molar-refractivity contribution in [1.82, 2.24) is 4.72 Å². The second kappa shape index (κ2) is 5.18. The number of benzene rings is 1. The number of sulfonamides is 1. The zero-order chi connectivity index (χ0) is 13.2. The number of nitrogen functional groups attached to an aromatic ring is 1. The largest absolute Gasteiger partial charge is 0.399 e. The maximum Gasteiger partial charge on any atom is 0.242 e. The van der Waals surface area contributed by atoms with Crippen molar-refractivity contribution in [3.05, 3.63) is 23.8 Å². The Morgan fingerprint density at radius 2 is 2.28 bits per heavy atom. The topological polar surface area (TPSA) is 96.0 Å². The molecule has 0 spiro atoms. The van der Waals surface area contributed by atoms with Crippen molar-refractivity contribution in [3.63, 3.8) is 0 Å². The number of nitrogens with one attached hydrogen (secondary N) is 1. The minimum Gasteiger partial charge on any atom is -0.399 e. The molecule has 3 N–H and O–H groups in total. The van der Waals surface area contributed by atoms with Gasteiger partial charge in [0.05, 0.1) is 10.5 Å². The molecule has 1 aliphatic rings. The molecule has 1 atom stereocenters. The number of anilines is 1. The van der Waals surface area contributed by atoms with E-state index in [1.165, 1.54) is 18.2 Å². The number of rotatable bonds is 3. The Bertz CT molecular complexity index is 587. The monoisotopic (exact) mass is 283 g/mol. The number of hydrogen-bond acceptors (Lipinski definition) is 5. The Morgan fingerprint density at radius 3 is 2.89 bits per heavy atom. The maximum atomic E-state index is 12.2. The molecule has 1 unspecified atom stereocenters. The van der Waals surface area contributed by atoms with Gasteiger partial charge in [-0.05, 0) is 30.4 Å². The van der Waals surface area contributed by atoms with Crippen LogP contribution < -0.4 is 10.5 Å². The van der Waals surface area contributed by atoms with Crippen molar-refractivity contribution in [3.8, 4) is 6.07 Å². The summed E-state index contributed by atoms with van der Waals surface area (Å²) in [5.74, 6) is 1.73. The van der Waals surface area contributed by atoms with Crippen LogP contribution in [0, 0.1) is 11.3 Å². The molecule has 1 fully saturated rings. The van der Waals surface area contributed by atoms with Gasteiger partial charge >= 0.3 is 0 Å². The third-order valence-corrected chi connectivity index (χ3v) is 5.41. The second-order valence-corrected chi connectivity index (χ2v) is 6.88. The normalized spacial score (nSPS) is 19.6. The summed E-state index contributed by atoms with van der Waals surface area (Å²) in [4.78, 5) is -0.00361. The van der Waals surface area contributed by atoms with Gasteiger partial charge in [-0.25, -0.2) is 13.1 Å². The summed E-state index contributed by atoms with van der Waals surface area (Å²) in [7, 11) is -3.64. The molecular formula is C11H13N3O2S2. The first kappa shape index (κ1) is 13.2. The predicted octanol–water partition coefficient (Wildman–Crippen LogP) is 0.924. The van der Waals surface area contributed by atoms with Gasteiger partial charge in [0.25, 0.3) is 0 Å². The summed E-state index contributed by atoms with van der Waals surface area (Å²) in [5, 5.41) is 8.97. The average molecular weight is 283 g/mol.